The predicted octanol–water partition coefficient (Wildman–Crippen LogP) is 3.27. The van der Waals surface area contributed by atoms with Gasteiger partial charge in [-0.25, -0.2) is 0 Å². The van der Waals surface area contributed by atoms with Gasteiger partial charge in [-0.05, 0) is 36.1 Å². The normalized spacial score (nSPS) is 14.5. The molecule has 0 bridgehead atoms. The van der Waals surface area contributed by atoms with Gasteiger partial charge in [-0.1, -0.05) is 48.6 Å². The van der Waals surface area contributed by atoms with Crippen LogP contribution in [0, 0.1) is 0 Å². The molecule has 0 aliphatic carbocycles. The zero-order valence-corrected chi connectivity index (χ0v) is 12.2. The van der Waals surface area contributed by atoms with E-state index in [4.69, 9.17) is 18.0 Å². The molecule has 0 unspecified atom stereocenters. The molecule has 3 rings (SSSR count). The van der Waals surface area contributed by atoms with E-state index in [-0.39, 0.29) is 0 Å². The minimum atomic E-state index is 0.470. The van der Waals surface area contributed by atoms with E-state index in [0.29, 0.717) is 4.99 Å². The Bertz CT molecular complexity index is 636. The average Bonchev–Trinajstić information content (AvgIpc) is 2.69. The van der Waals surface area contributed by atoms with Crippen LogP contribution in [-0.4, -0.2) is 11.5 Å². The molecule has 0 saturated carbocycles. The maximum atomic E-state index is 5.86. The predicted molar refractivity (Wildman–Crippen MR) is 88.1 cm³/mol. The van der Waals surface area contributed by atoms with Crippen molar-refractivity contribution in [2.75, 3.05) is 11.4 Å². The summed E-state index contributed by atoms with van der Waals surface area (Å²) >= 11 is 5.18. The summed E-state index contributed by atoms with van der Waals surface area (Å²) in [6.45, 7) is 1.96. The topological polar surface area (TPSA) is 29.3 Å². The summed E-state index contributed by atoms with van der Waals surface area (Å²) in [4.78, 5) is 2.86. The third kappa shape index (κ3) is 2.54. The monoisotopic (exact) mass is 282 g/mol. The zero-order valence-electron chi connectivity index (χ0n) is 11.4. The van der Waals surface area contributed by atoms with Crippen LogP contribution in [0.2, 0.25) is 0 Å². The molecule has 0 radical (unpaired) electrons. The summed E-state index contributed by atoms with van der Waals surface area (Å²) in [5, 5.41) is 0. The highest BCUT2D eigenvalue weighted by Gasteiger charge is 2.17. The van der Waals surface area contributed by atoms with Crippen LogP contribution < -0.4 is 10.6 Å². The molecule has 0 amide bonds. The second-order valence-electron chi connectivity index (χ2n) is 5.18. The van der Waals surface area contributed by atoms with Gasteiger partial charge in [0.2, 0.25) is 0 Å². The number of fused-ring (bicyclic) bond motifs is 1. The lowest BCUT2D eigenvalue weighted by atomic mass is 10.0. The third-order valence-corrected chi connectivity index (χ3v) is 4.08. The highest BCUT2D eigenvalue weighted by atomic mass is 32.1. The van der Waals surface area contributed by atoms with Crippen molar-refractivity contribution < 1.29 is 0 Å². The summed E-state index contributed by atoms with van der Waals surface area (Å²) < 4.78 is 0. The summed E-state index contributed by atoms with van der Waals surface area (Å²) in [5.74, 6) is 0. The summed E-state index contributed by atoms with van der Waals surface area (Å²) in [5.41, 5.74) is 10.8. The molecule has 1 aliphatic heterocycles. The molecule has 0 aromatic heterocycles. The van der Waals surface area contributed by atoms with Gasteiger partial charge in [0.1, 0.15) is 4.99 Å². The molecule has 2 nitrogen and oxygen atoms in total. The quantitative estimate of drug-likeness (QED) is 0.857. The van der Waals surface area contributed by atoms with Gasteiger partial charge in [0.05, 0.1) is 0 Å². The number of rotatable bonds is 2. The first-order valence-corrected chi connectivity index (χ1v) is 7.37. The van der Waals surface area contributed by atoms with Crippen LogP contribution in [0.3, 0.4) is 0 Å². The maximum Gasteiger partial charge on any atom is 0.106 e. The Morgan fingerprint density at radius 1 is 1.00 bits per heavy atom. The Balaban J connectivity index is 1.98. The molecule has 0 atom stereocenters. The van der Waals surface area contributed by atoms with Crippen molar-refractivity contribution in [3.63, 3.8) is 0 Å². The fourth-order valence-corrected chi connectivity index (χ4v) is 3.04. The number of benzene rings is 2. The highest BCUT2D eigenvalue weighted by molar-refractivity contribution is 7.80. The Morgan fingerprint density at radius 3 is 2.50 bits per heavy atom. The molecular weight excluding hydrogens is 264 g/mol. The van der Waals surface area contributed by atoms with Crippen LogP contribution in [0.25, 0.3) is 0 Å². The zero-order chi connectivity index (χ0) is 13.9. The van der Waals surface area contributed by atoms with Crippen molar-refractivity contribution in [2.24, 2.45) is 5.73 Å². The van der Waals surface area contributed by atoms with Gasteiger partial charge >= 0.3 is 0 Å². The molecule has 0 spiro atoms. The number of para-hydroxylation sites is 1. The first kappa shape index (κ1) is 13.1. The second-order valence-corrected chi connectivity index (χ2v) is 5.62. The van der Waals surface area contributed by atoms with Crippen molar-refractivity contribution in [1.29, 1.82) is 0 Å². The van der Waals surface area contributed by atoms with Crippen molar-refractivity contribution >= 4 is 22.9 Å². The fraction of sp³-hybridized carbons (Fsp3) is 0.235. The molecule has 2 aromatic carbocycles. The van der Waals surface area contributed by atoms with E-state index in [9.17, 15) is 0 Å². The summed E-state index contributed by atoms with van der Waals surface area (Å²) in [6, 6.07) is 16.9. The molecule has 1 heterocycles. The largest absolute Gasteiger partial charge is 0.389 e. The van der Waals surface area contributed by atoms with E-state index in [1.54, 1.807) is 0 Å². The number of thiocarbonyl (C=S) groups is 1. The smallest absolute Gasteiger partial charge is 0.106 e. The first-order chi connectivity index (χ1) is 9.75. The minimum Gasteiger partial charge on any atom is -0.389 e. The van der Waals surface area contributed by atoms with E-state index in [0.717, 1.165) is 37.2 Å². The van der Waals surface area contributed by atoms with Crippen LogP contribution in [0.5, 0.6) is 0 Å². The van der Waals surface area contributed by atoms with Gasteiger partial charge in [-0.2, -0.15) is 0 Å². The molecule has 20 heavy (non-hydrogen) atoms. The standard InChI is InChI=1S/C17H18N2S/c18-17(20)15-9-3-4-10-16(15)19-11-5-8-13-6-1-2-7-14(13)12-19/h1-4,6-7,9-10H,5,8,11-12H2,(H2,18,20). The summed E-state index contributed by atoms with van der Waals surface area (Å²) in [6.07, 6.45) is 2.30. The highest BCUT2D eigenvalue weighted by Crippen LogP contribution is 2.26. The van der Waals surface area contributed by atoms with Crippen LogP contribution in [-0.2, 0) is 13.0 Å². The molecule has 102 valence electrons. The number of nitrogens with two attached hydrogens (primary N) is 1. The van der Waals surface area contributed by atoms with E-state index in [1.165, 1.54) is 11.1 Å². The third-order valence-electron chi connectivity index (χ3n) is 3.86. The van der Waals surface area contributed by atoms with Gasteiger partial charge in [0, 0.05) is 24.3 Å². The lowest BCUT2D eigenvalue weighted by molar-refractivity contribution is 0.765. The molecule has 2 N–H and O–H groups in total. The van der Waals surface area contributed by atoms with Crippen molar-refractivity contribution in [2.45, 2.75) is 19.4 Å². The van der Waals surface area contributed by atoms with Crippen LogP contribution in [0.4, 0.5) is 5.69 Å². The maximum absolute atomic E-state index is 5.86. The molecule has 3 heteroatoms. The average molecular weight is 282 g/mol. The van der Waals surface area contributed by atoms with Crippen molar-refractivity contribution in [1.82, 2.24) is 0 Å². The number of hydrogen-bond acceptors (Lipinski definition) is 2. The molecule has 1 aliphatic rings. The van der Waals surface area contributed by atoms with Crippen LogP contribution in [0.15, 0.2) is 48.5 Å². The van der Waals surface area contributed by atoms with Gasteiger partial charge in [0.15, 0.2) is 0 Å². The van der Waals surface area contributed by atoms with E-state index < -0.39 is 0 Å². The lowest BCUT2D eigenvalue weighted by Crippen LogP contribution is -2.25. The van der Waals surface area contributed by atoms with Crippen molar-refractivity contribution in [3.05, 3.63) is 65.2 Å². The van der Waals surface area contributed by atoms with Crippen LogP contribution in [0.1, 0.15) is 23.1 Å². The Labute approximate surface area is 125 Å². The van der Waals surface area contributed by atoms with Crippen LogP contribution >= 0.6 is 12.2 Å². The van der Waals surface area contributed by atoms with E-state index >= 15 is 0 Å². The molecule has 0 fully saturated rings. The molecule has 2 aromatic rings. The lowest BCUT2D eigenvalue weighted by Gasteiger charge is -2.25. The summed E-state index contributed by atoms with van der Waals surface area (Å²) in [7, 11) is 0. The van der Waals surface area contributed by atoms with Gasteiger partial charge in [-0.3, -0.25) is 0 Å². The van der Waals surface area contributed by atoms with E-state index in [1.807, 2.05) is 18.2 Å². The van der Waals surface area contributed by atoms with Gasteiger partial charge in [0.25, 0.3) is 0 Å². The number of nitrogens with zero attached hydrogens (tertiary/aromatic N) is 1. The number of anilines is 1. The minimum absolute atomic E-state index is 0.470. The first-order valence-electron chi connectivity index (χ1n) is 6.96. The molecule has 0 saturated heterocycles. The van der Waals surface area contributed by atoms with Gasteiger partial charge in [-0.15, -0.1) is 0 Å². The second kappa shape index (κ2) is 5.63. The molecular formula is C17H18N2S. The fourth-order valence-electron chi connectivity index (χ4n) is 2.86. The SMILES string of the molecule is NC(=S)c1ccccc1N1CCCc2ccccc2C1. The number of aryl methyl sites for hydroxylation is 1. The van der Waals surface area contributed by atoms with Crippen molar-refractivity contribution in [3.8, 4) is 0 Å². The van der Waals surface area contributed by atoms with E-state index in [2.05, 4.69) is 35.2 Å². The number of hydrogen-bond donors (Lipinski definition) is 1. The Hall–Kier alpha value is -1.87. The Kier molecular flexibility index (Phi) is 3.70. The van der Waals surface area contributed by atoms with Gasteiger partial charge < -0.3 is 10.6 Å². The Morgan fingerprint density at radius 2 is 1.70 bits per heavy atom.